The molecule has 0 bridgehead atoms. The number of carbonyl (C=O) groups is 1. The quantitative estimate of drug-likeness (QED) is 0.824. The molecule has 0 saturated heterocycles. The standard InChI is InChI=1S/C15H23NO2/c1-14(2)8-12-11(13(17)9-14)6-7-16(12)10-15(3,4)18-5/h6-7H,8-10H2,1-5H3. The van der Waals surface area contributed by atoms with Gasteiger partial charge in [-0.15, -0.1) is 0 Å². The van der Waals surface area contributed by atoms with Gasteiger partial charge in [0.1, 0.15) is 0 Å². The zero-order chi connectivity index (χ0) is 13.6. The molecule has 0 atom stereocenters. The Kier molecular flexibility index (Phi) is 3.14. The van der Waals surface area contributed by atoms with Gasteiger partial charge in [0.25, 0.3) is 0 Å². The minimum Gasteiger partial charge on any atom is -0.377 e. The minimum absolute atomic E-state index is 0.0669. The fraction of sp³-hybridized carbons (Fsp3) is 0.667. The average molecular weight is 249 g/mol. The molecule has 1 aromatic heterocycles. The molecule has 0 spiro atoms. The summed E-state index contributed by atoms with van der Waals surface area (Å²) >= 11 is 0. The van der Waals surface area contributed by atoms with E-state index in [-0.39, 0.29) is 16.8 Å². The molecular formula is C15H23NO2. The highest BCUT2D eigenvalue weighted by atomic mass is 16.5. The number of ether oxygens (including phenoxy) is 1. The van der Waals surface area contributed by atoms with Crippen LogP contribution in [0.2, 0.25) is 0 Å². The molecule has 0 N–H and O–H groups in total. The van der Waals surface area contributed by atoms with E-state index in [0.29, 0.717) is 6.42 Å². The maximum atomic E-state index is 12.1. The number of aromatic nitrogens is 1. The summed E-state index contributed by atoms with van der Waals surface area (Å²) in [7, 11) is 1.73. The van der Waals surface area contributed by atoms with E-state index in [1.807, 2.05) is 12.3 Å². The lowest BCUT2D eigenvalue weighted by Crippen LogP contribution is -2.32. The van der Waals surface area contributed by atoms with Crippen molar-refractivity contribution in [3.63, 3.8) is 0 Å². The molecule has 18 heavy (non-hydrogen) atoms. The summed E-state index contributed by atoms with van der Waals surface area (Å²) in [6, 6.07) is 1.96. The molecule has 100 valence electrons. The number of rotatable bonds is 3. The summed E-state index contributed by atoms with van der Waals surface area (Å²) in [5.74, 6) is 0.273. The Balaban J connectivity index is 2.34. The van der Waals surface area contributed by atoms with Gasteiger partial charge < -0.3 is 9.30 Å². The van der Waals surface area contributed by atoms with Crippen LogP contribution in [0.1, 0.15) is 50.2 Å². The van der Waals surface area contributed by atoms with Crippen molar-refractivity contribution in [1.82, 2.24) is 4.57 Å². The maximum Gasteiger partial charge on any atom is 0.165 e. The molecule has 0 radical (unpaired) electrons. The second-order valence-electron chi connectivity index (χ2n) is 6.71. The van der Waals surface area contributed by atoms with Crippen LogP contribution in [0.15, 0.2) is 12.3 Å². The molecule has 1 heterocycles. The van der Waals surface area contributed by atoms with E-state index in [4.69, 9.17) is 4.74 Å². The van der Waals surface area contributed by atoms with E-state index in [1.165, 1.54) is 5.69 Å². The van der Waals surface area contributed by atoms with E-state index in [1.54, 1.807) is 7.11 Å². The lowest BCUT2D eigenvalue weighted by atomic mass is 9.76. The summed E-state index contributed by atoms with van der Waals surface area (Å²) in [6.45, 7) is 9.23. The van der Waals surface area contributed by atoms with Gasteiger partial charge in [-0.1, -0.05) is 13.8 Å². The van der Waals surface area contributed by atoms with Crippen LogP contribution in [0, 0.1) is 5.41 Å². The van der Waals surface area contributed by atoms with Crippen LogP contribution < -0.4 is 0 Å². The van der Waals surface area contributed by atoms with Crippen LogP contribution in [-0.4, -0.2) is 23.1 Å². The molecule has 0 saturated carbocycles. The van der Waals surface area contributed by atoms with Crippen molar-refractivity contribution in [3.8, 4) is 0 Å². The van der Waals surface area contributed by atoms with E-state index < -0.39 is 0 Å². The van der Waals surface area contributed by atoms with Gasteiger partial charge in [0.05, 0.1) is 12.1 Å². The third-order valence-electron chi connectivity index (χ3n) is 3.77. The Bertz CT molecular complexity index is 469. The van der Waals surface area contributed by atoms with Gasteiger partial charge in [0.2, 0.25) is 0 Å². The van der Waals surface area contributed by atoms with Gasteiger partial charge in [-0.05, 0) is 31.7 Å². The summed E-state index contributed by atoms with van der Waals surface area (Å²) < 4.78 is 7.65. The van der Waals surface area contributed by atoms with Gasteiger partial charge >= 0.3 is 0 Å². The summed E-state index contributed by atoms with van der Waals surface area (Å²) in [4.78, 5) is 12.1. The summed E-state index contributed by atoms with van der Waals surface area (Å²) in [5.41, 5.74) is 1.93. The topological polar surface area (TPSA) is 31.2 Å². The van der Waals surface area contributed by atoms with Crippen molar-refractivity contribution in [2.24, 2.45) is 5.41 Å². The average Bonchev–Trinajstić information content (AvgIpc) is 2.59. The number of hydrogen-bond acceptors (Lipinski definition) is 2. The third kappa shape index (κ3) is 2.51. The lowest BCUT2D eigenvalue weighted by Gasteiger charge is -2.31. The molecule has 3 heteroatoms. The third-order valence-corrected chi connectivity index (χ3v) is 3.77. The fourth-order valence-electron chi connectivity index (χ4n) is 2.62. The second kappa shape index (κ2) is 4.23. The zero-order valence-corrected chi connectivity index (χ0v) is 12.0. The van der Waals surface area contributed by atoms with Gasteiger partial charge in [-0.3, -0.25) is 4.79 Å². The minimum atomic E-state index is -0.211. The van der Waals surface area contributed by atoms with E-state index in [0.717, 1.165) is 18.5 Å². The predicted octanol–water partition coefficient (Wildman–Crippen LogP) is 3.07. The molecule has 3 nitrogen and oxygen atoms in total. The molecule has 0 aliphatic heterocycles. The maximum absolute atomic E-state index is 12.1. The number of Topliss-reactive ketones (excluding diaryl/α,β-unsaturated/α-hetero) is 1. The Hall–Kier alpha value is -1.09. The van der Waals surface area contributed by atoms with Gasteiger partial charge in [-0.25, -0.2) is 0 Å². The van der Waals surface area contributed by atoms with E-state index >= 15 is 0 Å². The zero-order valence-electron chi connectivity index (χ0n) is 12.0. The van der Waals surface area contributed by atoms with Gasteiger partial charge in [0.15, 0.2) is 5.78 Å². The summed E-state index contributed by atoms with van der Waals surface area (Å²) in [5, 5.41) is 0. The van der Waals surface area contributed by atoms with Crippen molar-refractivity contribution in [2.45, 2.75) is 52.7 Å². The number of nitrogens with zero attached hydrogens (tertiary/aromatic N) is 1. The molecule has 1 aliphatic rings. The molecule has 0 unspecified atom stereocenters. The SMILES string of the molecule is COC(C)(C)Cn1ccc2c1CC(C)(C)CC2=O. The first kappa shape index (κ1) is 13.3. The first-order chi connectivity index (χ1) is 8.24. The molecule has 1 aliphatic carbocycles. The van der Waals surface area contributed by atoms with Crippen LogP contribution in [0.5, 0.6) is 0 Å². The predicted molar refractivity (Wildman–Crippen MR) is 72.0 cm³/mol. The van der Waals surface area contributed by atoms with Crippen LogP contribution >= 0.6 is 0 Å². The second-order valence-corrected chi connectivity index (χ2v) is 6.71. The Labute approximate surface area is 109 Å². The first-order valence-electron chi connectivity index (χ1n) is 6.50. The van der Waals surface area contributed by atoms with Crippen molar-refractivity contribution in [3.05, 3.63) is 23.5 Å². The fourth-order valence-corrected chi connectivity index (χ4v) is 2.62. The molecule has 1 aromatic rings. The molecule has 0 aromatic carbocycles. The smallest absolute Gasteiger partial charge is 0.165 e. The summed E-state index contributed by atoms with van der Waals surface area (Å²) in [6.07, 6.45) is 3.63. The van der Waals surface area contributed by atoms with Crippen molar-refractivity contribution in [2.75, 3.05) is 7.11 Å². The van der Waals surface area contributed by atoms with Crippen molar-refractivity contribution >= 4 is 5.78 Å². The van der Waals surface area contributed by atoms with Gasteiger partial charge in [0, 0.05) is 31.0 Å². The molecule has 2 rings (SSSR count). The van der Waals surface area contributed by atoms with Gasteiger partial charge in [-0.2, -0.15) is 0 Å². The highest BCUT2D eigenvalue weighted by Crippen LogP contribution is 2.35. The van der Waals surface area contributed by atoms with Crippen LogP contribution in [0.4, 0.5) is 0 Å². The van der Waals surface area contributed by atoms with Crippen LogP contribution in [0.25, 0.3) is 0 Å². The van der Waals surface area contributed by atoms with Crippen molar-refractivity contribution in [1.29, 1.82) is 0 Å². The molecule has 0 fully saturated rings. The van der Waals surface area contributed by atoms with Crippen molar-refractivity contribution < 1.29 is 9.53 Å². The molecular weight excluding hydrogens is 226 g/mol. The normalized spacial score (nSPS) is 18.8. The Morgan fingerprint density at radius 1 is 1.39 bits per heavy atom. The lowest BCUT2D eigenvalue weighted by molar-refractivity contribution is 0.00725. The molecule has 0 amide bonds. The number of hydrogen-bond donors (Lipinski definition) is 0. The number of carbonyl (C=O) groups excluding carboxylic acids is 1. The van der Waals surface area contributed by atoms with Crippen LogP contribution in [-0.2, 0) is 17.7 Å². The first-order valence-corrected chi connectivity index (χ1v) is 6.50. The number of ketones is 1. The largest absolute Gasteiger partial charge is 0.377 e. The highest BCUT2D eigenvalue weighted by molar-refractivity contribution is 5.98. The number of methoxy groups -OCH3 is 1. The number of fused-ring (bicyclic) bond motifs is 1. The van der Waals surface area contributed by atoms with E-state index in [2.05, 4.69) is 32.3 Å². The monoisotopic (exact) mass is 249 g/mol. The van der Waals surface area contributed by atoms with E-state index in [9.17, 15) is 4.79 Å². The van der Waals surface area contributed by atoms with Crippen LogP contribution in [0.3, 0.4) is 0 Å². The Morgan fingerprint density at radius 3 is 2.67 bits per heavy atom. The highest BCUT2D eigenvalue weighted by Gasteiger charge is 2.33. The Morgan fingerprint density at radius 2 is 2.06 bits per heavy atom.